The molecule has 0 atom stereocenters. The number of hydrogen-bond donors (Lipinski definition) is 2. The molecule has 0 aliphatic heterocycles. The molecule has 0 unspecified atom stereocenters. The van der Waals surface area contributed by atoms with E-state index in [1.165, 1.54) is 12.1 Å². The van der Waals surface area contributed by atoms with E-state index in [0.29, 0.717) is 0 Å². The predicted molar refractivity (Wildman–Crippen MR) is 63.3 cm³/mol. The predicted octanol–water partition coefficient (Wildman–Crippen LogP) is 2.25. The molecule has 0 aromatic heterocycles. The standard InChI is InChI=1S/C12H15F3N2O/c13-12(14,15)10-7-8(16)1-4-11(10)17(5-6-18)9-2-3-9/h1,4,7,9,18H,2-3,5-6,16H2. The minimum atomic E-state index is -4.44. The first-order valence-corrected chi connectivity index (χ1v) is 5.77. The number of aliphatic hydroxyl groups is 1. The van der Waals surface area contributed by atoms with Gasteiger partial charge in [0.05, 0.1) is 12.2 Å². The molecule has 0 saturated heterocycles. The van der Waals surface area contributed by atoms with Gasteiger partial charge in [-0.05, 0) is 31.0 Å². The lowest BCUT2D eigenvalue weighted by atomic mass is 10.1. The van der Waals surface area contributed by atoms with Crippen LogP contribution in [0, 0.1) is 0 Å². The fourth-order valence-electron chi connectivity index (χ4n) is 2.02. The number of hydrogen-bond acceptors (Lipinski definition) is 3. The number of nitrogen functional groups attached to an aromatic ring is 1. The van der Waals surface area contributed by atoms with Gasteiger partial charge in [0, 0.05) is 24.0 Å². The van der Waals surface area contributed by atoms with Gasteiger partial charge in [0.2, 0.25) is 0 Å². The summed E-state index contributed by atoms with van der Waals surface area (Å²) in [5, 5.41) is 8.98. The molecule has 1 saturated carbocycles. The largest absolute Gasteiger partial charge is 0.418 e. The second kappa shape index (κ2) is 4.68. The van der Waals surface area contributed by atoms with Crippen LogP contribution in [0.1, 0.15) is 18.4 Å². The van der Waals surface area contributed by atoms with Crippen LogP contribution < -0.4 is 10.6 Å². The van der Waals surface area contributed by atoms with E-state index in [1.54, 1.807) is 4.90 Å². The lowest BCUT2D eigenvalue weighted by Gasteiger charge is -2.27. The first kappa shape index (κ1) is 13.0. The highest BCUT2D eigenvalue weighted by Gasteiger charge is 2.38. The maximum atomic E-state index is 13.0. The Bertz CT molecular complexity index is 430. The van der Waals surface area contributed by atoms with Crippen molar-refractivity contribution >= 4 is 11.4 Å². The lowest BCUT2D eigenvalue weighted by Crippen LogP contribution is -2.31. The molecule has 0 bridgehead atoms. The monoisotopic (exact) mass is 260 g/mol. The van der Waals surface area contributed by atoms with Crippen LogP contribution in [0.2, 0.25) is 0 Å². The molecule has 2 rings (SSSR count). The highest BCUT2D eigenvalue weighted by atomic mass is 19.4. The molecule has 3 N–H and O–H groups in total. The van der Waals surface area contributed by atoms with Crippen LogP contribution in [0.4, 0.5) is 24.5 Å². The normalized spacial score (nSPS) is 15.8. The van der Waals surface area contributed by atoms with E-state index >= 15 is 0 Å². The second-order valence-corrected chi connectivity index (χ2v) is 4.42. The molecule has 18 heavy (non-hydrogen) atoms. The van der Waals surface area contributed by atoms with Crippen molar-refractivity contribution in [2.24, 2.45) is 0 Å². The van der Waals surface area contributed by atoms with Crippen molar-refractivity contribution in [3.8, 4) is 0 Å². The van der Waals surface area contributed by atoms with Gasteiger partial charge in [-0.3, -0.25) is 0 Å². The molecule has 1 aromatic carbocycles. The molecule has 1 aromatic rings. The summed E-state index contributed by atoms with van der Waals surface area (Å²) >= 11 is 0. The van der Waals surface area contributed by atoms with E-state index in [9.17, 15) is 13.2 Å². The number of alkyl halides is 3. The van der Waals surface area contributed by atoms with Gasteiger partial charge in [-0.15, -0.1) is 0 Å². The van der Waals surface area contributed by atoms with Gasteiger partial charge in [0.15, 0.2) is 0 Å². The molecule has 1 aliphatic rings. The van der Waals surface area contributed by atoms with Gasteiger partial charge in [-0.25, -0.2) is 0 Å². The number of nitrogens with two attached hydrogens (primary N) is 1. The first-order chi connectivity index (χ1) is 8.43. The van der Waals surface area contributed by atoms with Crippen LogP contribution >= 0.6 is 0 Å². The molecular weight excluding hydrogens is 245 g/mol. The maximum absolute atomic E-state index is 13.0. The molecule has 0 radical (unpaired) electrons. The highest BCUT2D eigenvalue weighted by Crippen LogP contribution is 2.41. The van der Waals surface area contributed by atoms with Crippen molar-refractivity contribution in [2.75, 3.05) is 23.8 Å². The Morgan fingerprint density at radius 2 is 2.00 bits per heavy atom. The van der Waals surface area contributed by atoms with Crippen molar-refractivity contribution in [1.29, 1.82) is 0 Å². The average molecular weight is 260 g/mol. The molecule has 6 heteroatoms. The zero-order chi connectivity index (χ0) is 13.3. The fraction of sp³-hybridized carbons (Fsp3) is 0.500. The number of anilines is 2. The summed E-state index contributed by atoms with van der Waals surface area (Å²) in [5.41, 5.74) is 4.88. The van der Waals surface area contributed by atoms with Crippen LogP contribution in [0.3, 0.4) is 0 Å². The van der Waals surface area contributed by atoms with E-state index in [1.807, 2.05) is 0 Å². The highest BCUT2D eigenvalue weighted by molar-refractivity contribution is 5.62. The molecule has 0 heterocycles. The van der Waals surface area contributed by atoms with Crippen molar-refractivity contribution in [2.45, 2.75) is 25.1 Å². The average Bonchev–Trinajstić information content (AvgIpc) is 3.09. The Balaban J connectivity index is 2.41. The van der Waals surface area contributed by atoms with Crippen molar-refractivity contribution in [1.82, 2.24) is 0 Å². The number of nitrogens with zero attached hydrogens (tertiary/aromatic N) is 1. The number of halogens is 3. The second-order valence-electron chi connectivity index (χ2n) is 4.42. The van der Waals surface area contributed by atoms with Gasteiger partial charge in [0.1, 0.15) is 0 Å². The minimum Gasteiger partial charge on any atom is -0.399 e. The number of rotatable bonds is 4. The van der Waals surface area contributed by atoms with Gasteiger partial charge in [-0.1, -0.05) is 0 Å². The lowest BCUT2D eigenvalue weighted by molar-refractivity contribution is -0.137. The molecule has 1 aliphatic carbocycles. The van der Waals surface area contributed by atoms with Crippen LogP contribution in [-0.4, -0.2) is 24.3 Å². The smallest absolute Gasteiger partial charge is 0.399 e. The van der Waals surface area contributed by atoms with Crippen molar-refractivity contribution < 1.29 is 18.3 Å². The van der Waals surface area contributed by atoms with Crippen LogP contribution in [0.25, 0.3) is 0 Å². The third-order valence-electron chi connectivity index (χ3n) is 2.96. The summed E-state index contributed by atoms with van der Waals surface area (Å²) in [7, 11) is 0. The maximum Gasteiger partial charge on any atom is 0.418 e. The van der Waals surface area contributed by atoms with Crippen LogP contribution in [0.5, 0.6) is 0 Å². The Kier molecular flexibility index (Phi) is 3.38. The topological polar surface area (TPSA) is 49.5 Å². The third kappa shape index (κ3) is 2.69. The minimum absolute atomic E-state index is 0.0887. The summed E-state index contributed by atoms with van der Waals surface area (Å²) in [6, 6.07) is 3.88. The summed E-state index contributed by atoms with van der Waals surface area (Å²) in [5.74, 6) is 0. The molecule has 1 fully saturated rings. The Morgan fingerprint density at radius 1 is 1.33 bits per heavy atom. The summed E-state index contributed by atoms with van der Waals surface area (Å²) in [6.45, 7) is 0.0375. The molecule has 0 amide bonds. The van der Waals surface area contributed by atoms with Crippen molar-refractivity contribution in [3.63, 3.8) is 0 Å². The zero-order valence-corrected chi connectivity index (χ0v) is 9.74. The van der Waals surface area contributed by atoms with E-state index < -0.39 is 11.7 Å². The van der Waals surface area contributed by atoms with Crippen LogP contribution in [-0.2, 0) is 6.18 Å². The van der Waals surface area contributed by atoms with E-state index in [4.69, 9.17) is 10.8 Å². The first-order valence-electron chi connectivity index (χ1n) is 5.77. The molecule has 0 spiro atoms. The van der Waals surface area contributed by atoms with Crippen molar-refractivity contribution in [3.05, 3.63) is 23.8 Å². The third-order valence-corrected chi connectivity index (χ3v) is 2.96. The zero-order valence-electron chi connectivity index (χ0n) is 9.74. The van der Waals surface area contributed by atoms with E-state index in [-0.39, 0.29) is 30.6 Å². The summed E-state index contributed by atoms with van der Waals surface area (Å²) < 4.78 is 38.9. The quantitative estimate of drug-likeness (QED) is 0.816. The number of aliphatic hydroxyl groups excluding tert-OH is 1. The Hall–Kier alpha value is -1.43. The summed E-state index contributed by atoms with van der Waals surface area (Å²) in [6.07, 6.45) is -2.71. The van der Waals surface area contributed by atoms with Gasteiger partial charge in [0.25, 0.3) is 0 Å². The Morgan fingerprint density at radius 3 is 2.50 bits per heavy atom. The van der Waals surface area contributed by atoms with E-state index in [0.717, 1.165) is 18.9 Å². The van der Waals surface area contributed by atoms with Gasteiger partial charge in [-0.2, -0.15) is 13.2 Å². The molecular formula is C12H15F3N2O. The summed E-state index contributed by atoms with van der Waals surface area (Å²) in [4.78, 5) is 1.61. The van der Waals surface area contributed by atoms with E-state index in [2.05, 4.69) is 0 Å². The molecule has 100 valence electrons. The van der Waals surface area contributed by atoms with Gasteiger partial charge >= 0.3 is 6.18 Å². The van der Waals surface area contributed by atoms with Gasteiger partial charge < -0.3 is 15.7 Å². The fourth-order valence-corrected chi connectivity index (χ4v) is 2.02. The Labute approximate surface area is 103 Å². The number of benzene rings is 1. The van der Waals surface area contributed by atoms with Crippen LogP contribution in [0.15, 0.2) is 18.2 Å². The SMILES string of the molecule is Nc1ccc(N(CCO)C2CC2)c(C(F)(F)F)c1. The molecule has 3 nitrogen and oxygen atoms in total.